The van der Waals surface area contributed by atoms with Crippen molar-refractivity contribution >= 4 is 5.69 Å². The monoisotopic (exact) mass is 280 g/mol. The van der Waals surface area contributed by atoms with Gasteiger partial charge >= 0.3 is 0 Å². The highest BCUT2D eigenvalue weighted by molar-refractivity contribution is 5.61. The Hall–Kier alpha value is -1.80. The van der Waals surface area contributed by atoms with Crippen LogP contribution in [0, 0.1) is 0 Å². The third kappa shape index (κ3) is 3.27. The zero-order valence-corrected chi connectivity index (χ0v) is 13.0. The van der Waals surface area contributed by atoms with Gasteiger partial charge < -0.3 is 5.32 Å². The van der Waals surface area contributed by atoms with Crippen LogP contribution in [0.2, 0.25) is 0 Å². The van der Waals surface area contributed by atoms with Crippen LogP contribution in [0.3, 0.4) is 0 Å². The number of nitrogens with zero attached hydrogens (tertiary/aromatic N) is 1. The molecule has 0 bridgehead atoms. The molecule has 0 saturated carbocycles. The van der Waals surface area contributed by atoms with Crippen molar-refractivity contribution in [2.24, 2.45) is 0 Å². The van der Waals surface area contributed by atoms with Crippen molar-refractivity contribution in [3.8, 4) is 0 Å². The van der Waals surface area contributed by atoms with Gasteiger partial charge in [-0.2, -0.15) is 0 Å². The van der Waals surface area contributed by atoms with E-state index in [1.165, 1.54) is 27.9 Å². The minimum atomic E-state index is 0.992. The number of rotatable bonds is 5. The summed E-state index contributed by atoms with van der Waals surface area (Å²) in [5, 5.41) is 3.53. The molecule has 0 fully saturated rings. The maximum Gasteiger partial charge on any atom is 0.0419 e. The highest BCUT2D eigenvalue weighted by atomic mass is 15.1. The largest absolute Gasteiger partial charge is 0.384 e. The lowest BCUT2D eigenvalue weighted by molar-refractivity contribution is 0.319. The predicted molar refractivity (Wildman–Crippen MR) is 89.6 cm³/mol. The molecule has 2 aromatic carbocycles. The quantitative estimate of drug-likeness (QED) is 0.895. The molecule has 0 unspecified atom stereocenters. The van der Waals surface area contributed by atoms with Crippen molar-refractivity contribution in [3.63, 3.8) is 0 Å². The first-order valence-corrected chi connectivity index (χ1v) is 7.87. The number of anilines is 1. The van der Waals surface area contributed by atoms with Crippen LogP contribution < -0.4 is 5.32 Å². The fourth-order valence-corrected chi connectivity index (χ4v) is 3.08. The van der Waals surface area contributed by atoms with Crippen LogP contribution in [-0.2, 0) is 25.9 Å². The molecule has 2 heteroatoms. The number of hydrogen-bond acceptors (Lipinski definition) is 2. The van der Waals surface area contributed by atoms with Gasteiger partial charge in [0.1, 0.15) is 0 Å². The number of hydrogen-bond donors (Lipinski definition) is 1. The molecule has 2 aromatic rings. The second-order valence-corrected chi connectivity index (χ2v) is 5.97. The molecular weight excluding hydrogens is 256 g/mol. The Balaban J connectivity index is 1.66. The van der Waals surface area contributed by atoms with E-state index in [1.54, 1.807) is 0 Å². The van der Waals surface area contributed by atoms with Crippen LogP contribution >= 0.6 is 0 Å². The first kappa shape index (κ1) is 14.2. The zero-order chi connectivity index (χ0) is 14.7. The van der Waals surface area contributed by atoms with Gasteiger partial charge in [-0.15, -0.1) is 0 Å². The molecule has 1 heterocycles. The van der Waals surface area contributed by atoms with Gasteiger partial charge in [0, 0.05) is 25.3 Å². The lowest BCUT2D eigenvalue weighted by atomic mass is 10.1. The Bertz CT molecular complexity index is 601. The van der Waals surface area contributed by atoms with Crippen molar-refractivity contribution in [1.29, 1.82) is 0 Å². The molecule has 0 atom stereocenters. The molecule has 1 aliphatic rings. The molecule has 1 aliphatic heterocycles. The van der Waals surface area contributed by atoms with E-state index in [-0.39, 0.29) is 0 Å². The van der Waals surface area contributed by atoms with E-state index < -0.39 is 0 Å². The van der Waals surface area contributed by atoms with Gasteiger partial charge in [0.05, 0.1) is 0 Å². The Morgan fingerprint density at radius 2 is 1.76 bits per heavy atom. The standard InChI is InChI=1S/C19H24N2/c1-3-15-7-9-16(10-8-15)13-21(2)14-18-6-4-5-17-11-12-20-19(17)18/h4-10,20H,3,11-14H2,1-2H3. The van der Waals surface area contributed by atoms with Crippen molar-refractivity contribution in [2.45, 2.75) is 32.9 Å². The van der Waals surface area contributed by atoms with Crippen LogP contribution in [0.25, 0.3) is 0 Å². The van der Waals surface area contributed by atoms with Crippen LogP contribution in [0.5, 0.6) is 0 Å². The smallest absolute Gasteiger partial charge is 0.0419 e. The second kappa shape index (κ2) is 6.31. The first-order chi connectivity index (χ1) is 10.3. The highest BCUT2D eigenvalue weighted by Crippen LogP contribution is 2.27. The summed E-state index contributed by atoms with van der Waals surface area (Å²) in [5.74, 6) is 0. The van der Waals surface area contributed by atoms with Gasteiger partial charge in [0.25, 0.3) is 0 Å². The summed E-state index contributed by atoms with van der Waals surface area (Å²) in [5.41, 5.74) is 7.04. The SMILES string of the molecule is CCc1ccc(CN(C)Cc2cccc3c2NCC3)cc1. The summed E-state index contributed by atoms with van der Waals surface area (Å²) < 4.78 is 0. The summed E-state index contributed by atoms with van der Waals surface area (Å²) in [6, 6.07) is 15.7. The summed E-state index contributed by atoms with van der Waals surface area (Å²) in [6.07, 6.45) is 2.27. The van der Waals surface area contributed by atoms with E-state index >= 15 is 0 Å². The molecule has 3 rings (SSSR count). The average molecular weight is 280 g/mol. The van der Waals surface area contributed by atoms with E-state index in [0.29, 0.717) is 0 Å². The highest BCUT2D eigenvalue weighted by Gasteiger charge is 2.14. The Kier molecular flexibility index (Phi) is 4.26. The molecule has 1 N–H and O–H groups in total. The van der Waals surface area contributed by atoms with Crippen LogP contribution in [0.4, 0.5) is 5.69 Å². The van der Waals surface area contributed by atoms with Crippen molar-refractivity contribution in [3.05, 3.63) is 64.7 Å². The fraction of sp³-hybridized carbons (Fsp3) is 0.368. The lowest BCUT2D eigenvalue weighted by Crippen LogP contribution is -2.18. The maximum absolute atomic E-state index is 3.53. The molecule has 21 heavy (non-hydrogen) atoms. The van der Waals surface area contributed by atoms with E-state index in [4.69, 9.17) is 0 Å². The lowest BCUT2D eigenvalue weighted by Gasteiger charge is -2.19. The number of benzene rings is 2. The van der Waals surface area contributed by atoms with E-state index in [1.807, 2.05) is 0 Å². The van der Waals surface area contributed by atoms with Crippen LogP contribution in [0.1, 0.15) is 29.2 Å². The van der Waals surface area contributed by atoms with Crippen molar-refractivity contribution in [1.82, 2.24) is 4.90 Å². The summed E-state index contributed by atoms with van der Waals surface area (Å²) >= 11 is 0. The zero-order valence-electron chi connectivity index (χ0n) is 13.0. The minimum absolute atomic E-state index is 0.992. The summed E-state index contributed by atoms with van der Waals surface area (Å²) in [7, 11) is 2.20. The topological polar surface area (TPSA) is 15.3 Å². The number of para-hydroxylation sites is 1. The Morgan fingerprint density at radius 1 is 1.00 bits per heavy atom. The maximum atomic E-state index is 3.53. The molecule has 0 aromatic heterocycles. The van der Waals surface area contributed by atoms with Crippen molar-refractivity contribution in [2.75, 3.05) is 18.9 Å². The van der Waals surface area contributed by atoms with Crippen molar-refractivity contribution < 1.29 is 0 Å². The molecule has 0 saturated heterocycles. The Labute approximate surface area is 127 Å². The molecule has 0 aliphatic carbocycles. The number of aryl methyl sites for hydroxylation is 1. The van der Waals surface area contributed by atoms with Gasteiger partial charge in [0.15, 0.2) is 0 Å². The van der Waals surface area contributed by atoms with Gasteiger partial charge in [-0.3, -0.25) is 4.90 Å². The van der Waals surface area contributed by atoms with Gasteiger partial charge in [0.2, 0.25) is 0 Å². The summed E-state index contributed by atoms with van der Waals surface area (Å²) in [4.78, 5) is 2.39. The van der Waals surface area contributed by atoms with E-state index in [2.05, 4.69) is 66.7 Å². The van der Waals surface area contributed by atoms with E-state index in [9.17, 15) is 0 Å². The molecule has 0 amide bonds. The fourth-order valence-electron chi connectivity index (χ4n) is 3.08. The second-order valence-electron chi connectivity index (χ2n) is 5.97. The normalized spacial score (nSPS) is 13.3. The first-order valence-electron chi connectivity index (χ1n) is 7.87. The van der Waals surface area contributed by atoms with E-state index in [0.717, 1.165) is 32.5 Å². The molecule has 110 valence electrons. The number of nitrogens with one attached hydrogen (secondary N) is 1. The average Bonchev–Trinajstić information content (AvgIpc) is 2.97. The third-order valence-electron chi connectivity index (χ3n) is 4.26. The third-order valence-corrected chi connectivity index (χ3v) is 4.26. The van der Waals surface area contributed by atoms with Gasteiger partial charge in [-0.05, 0) is 42.1 Å². The van der Waals surface area contributed by atoms with Gasteiger partial charge in [-0.1, -0.05) is 49.4 Å². The minimum Gasteiger partial charge on any atom is -0.384 e. The Morgan fingerprint density at radius 3 is 2.52 bits per heavy atom. The van der Waals surface area contributed by atoms with Gasteiger partial charge in [-0.25, -0.2) is 0 Å². The van der Waals surface area contributed by atoms with Crippen LogP contribution in [0.15, 0.2) is 42.5 Å². The molecule has 0 spiro atoms. The predicted octanol–water partition coefficient (Wildman–Crippen LogP) is 3.85. The number of fused-ring (bicyclic) bond motifs is 1. The molecule has 2 nitrogen and oxygen atoms in total. The molecule has 0 radical (unpaired) electrons. The summed E-state index contributed by atoms with van der Waals surface area (Å²) in [6.45, 7) is 5.26. The van der Waals surface area contributed by atoms with Crippen LogP contribution in [-0.4, -0.2) is 18.5 Å². The molecular formula is C19H24N2.